The number of rotatable bonds is 4. The summed E-state index contributed by atoms with van der Waals surface area (Å²) in [6.07, 6.45) is -2.10. The number of alkyl halides is 3. The van der Waals surface area contributed by atoms with E-state index in [9.17, 15) is 23.1 Å². The van der Waals surface area contributed by atoms with Gasteiger partial charge in [0.1, 0.15) is 0 Å². The summed E-state index contributed by atoms with van der Waals surface area (Å²) in [6, 6.07) is 2.63. The Labute approximate surface area is 128 Å². The van der Waals surface area contributed by atoms with Crippen LogP contribution in [0.3, 0.4) is 0 Å². The smallest absolute Gasteiger partial charge is 0.394 e. The largest absolute Gasteiger partial charge is 0.416 e. The van der Waals surface area contributed by atoms with Crippen LogP contribution in [-0.2, 0) is 11.0 Å². The lowest BCUT2D eigenvalue weighted by Gasteiger charge is -2.28. The minimum atomic E-state index is -4.55. The van der Waals surface area contributed by atoms with Crippen molar-refractivity contribution in [3.05, 3.63) is 33.8 Å². The number of benzene rings is 1. The van der Waals surface area contributed by atoms with Crippen molar-refractivity contribution in [1.29, 1.82) is 0 Å². The minimum absolute atomic E-state index is 0.124. The fourth-order valence-corrected chi connectivity index (χ4v) is 2.62. The molecule has 1 atom stereocenters. The van der Waals surface area contributed by atoms with Crippen LogP contribution < -0.4 is 5.32 Å². The molecule has 0 radical (unpaired) electrons. The highest BCUT2D eigenvalue weighted by atomic mass is 79.9. The van der Waals surface area contributed by atoms with E-state index < -0.39 is 24.4 Å². The molecule has 0 heterocycles. The Bertz CT molecular complexity index is 529. The molecule has 0 bridgehead atoms. The number of nitrogens with one attached hydrogen (secondary N) is 1. The lowest BCUT2D eigenvalue weighted by atomic mass is 9.84. The third-order valence-electron chi connectivity index (χ3n) is 3.67. The second kappa shape index (κ2) is 6.36. The molecule has 1 aliphatic rings. The number of amides is 1. The van der Waals surface area contributed by atoms with Crippen molar-refractivity contribution >= 4 is 21.8 Å². The molecule has 1 saturated carbocycles. The topological polar surface area (TPSA) is 49.3 Å². The Balaban J connectivity index is 2.26. The predicted molar refractivity (Wildman–Crippen MR) is 74.5 cm³/mol. The van der Waals surface area contributed by atoms with Gasteiger partial charge in [0, 0.05) is 10.4 Å². The van der Waals surface area contributed by atoms with Crippen LogP contribution in [0.4, 0.5) is 13.2 Å². The summed E-state index contributed by atoms with van der Waals surface area (Å²) in [5.41, 5.74) is -0.981. The molecule has 0 spiro atoms. The van der Waals surface area contributed by atoms with Gasteiger partial charge in [-0.05, 0) is 30.5 Å². The highest BCUT2D eigenvalue weighted by Crippen LogP contribution is 2.36. The van der Waals surface area contributed by atoms with E-state index in [4.69, 9.17) is 0 Å². The number of carbonyl (C=O) groups excluding carboxylic acids is 1. The van der Waals surface area contributed by atoms with Gasteiger partial charge in [-0.1, -0.05) is 28.4 Å². The average molecular weight is 366 g/mol. The van der Waals surface area contributed by atoms with Crippen molar-refractivity contribution in [2.45, 2.75) is 31.5 Å². The molecule has 1 aromatic rings. The van der Waals surface area contributed by atoms with Crippen molar-refractivity contribution in [2.24, 2.45) is 5.92 Å². The maximum Gasteiger partial charge on any atom is 0.416 e. The van der Waals surface area contributed by atoms with Crippen LogP contribution in [0.2, 0.25) is 0 Å². The SMILES string of the molecule is O=C(N[C@H](CO)c1ccc(Br)cc1C(F)(F)F)C1CCC1. The molecule has 1 fully saturated rings. The van der Waals surface area contributed by atoms with Crippen molar-refractivity contribution in [1.82, 2.24) is 5.32 Å². The van der Waals surface area contributed by atoms with E-state index in [0.717, 1.165) is 25.3 Å². The minimum Gasteiger partial charge on any atom is -0.394 e. The highest BCUT2D eigenvalue weighted by Gasteiger charge is 2.36. The Morgan fingerprint density at radius 1 is 1.43 bits per heavy atom. The first-order valence-corrected chi connectivity index (χ1v) is 7.40. The average Bonchev–Trinajstić information content (AvgIpc) is 2.33. The monoisotopic (exact) mass is 365 g/mol. The molecule has 1 aliphatic carbocycles. The van der Waals surface area contributed by atoms with Gasteiger partial charge in [-0.25, -0.2) is 0 Å². The van der Waals surface area contributed by atoms with Crippen LogP contribution in [0, 0.1) is 5.92 Å². The second-order valence-electron chi connectivity index (χ2n) is 5.10. The molecule has 1 aromatic carbocycles. The maximum absolute atomic E-state index is 13.1. The zero-order valence-electron chi connectivity index (χ0n) is 11.1. The fraction of sp³-hybridized carbons (Fsp3) is 0.500. The summed E-state index contributed by atoms with van der Waals surface area (Å²) in [4.78, 5) is 11.9. The van der Waals surface area contributed by atoms with Crippen molar-refractivity contribution in [3.8, 4) is 0 Å². The first-order valence-electron chi connectivity index (χ1n) is 6.61. The zero-order chi connectivity index (χ0) is 15.6. The first-order chi connectivity index (χ1) is 9.82. The van der Waals surface area contributed by atoms with E-state index in [0.29, 0.717) is 4.47 Å². The number of hydrogen-bond acceptors (Lipinski definition) is 2. The highest BCUT2D eigenvalue weighted by molar-refractivity contribution is 9.10. The third kappa shape index (κ3) is 3.77. The van der Waals surface area contributed by atoms with Gasteiger partial charge in [-0.3, -0.25) is 4.79 Å². The van der Waals surface area contributed by atoms with E-state index in [1.165, 1.54) is 12.1 Å². The van der Waals surface area contributed by atoms with Gasteiger partial charge in [0.05, 0.1) is 18.2 Å². The normalized spacial score (nSPS) is 17.2. The molecule has 3 nitrogen and oxygen atoms in total. The maximum atomic E-state index is 13.1. The van der Waals surface area contributed by atoms with Crippen LogP contribution >= 0.6 is 15.9 Å². The summed E-state index contributed by atoms with van der Waals surface area (Å²) >= 11 is 3.00. The molecule has 7 heteroatoms. The summed E-state index contributed by atoms with van der Waals surface area (Å²) in [5, 5.41) is 11.9. The van der Waals surface area contributed by atoms with Gasteiger partial charge < -0.3 is 10.4 Å². The number of aliphatic hydroxyl groups is 1. The molecule has 116 valence electrons. The third-order valence-corrected chi connectivity index (χ3v) is 4.16. The van der Waals surface area contributed by atoms with Crippen molar-refractivity contribution in [2.75, 3.05) is 6.61 Å². The number of aliphatic hydroxyl groups excluding tert-OH is 1. The molecule has 0 saturated heterocycles. The molecule has 0 aromatic heterocycles. The van der Waals surface area contributed by atoms with Gasteiger partial charge in [0.25, 0.3) is 0 Å². The molecular formula is C14H15BrF3NO2. The van der Waals surface area contributed by atoms with E-state index in [2.05, 4.69) is 21.2 Å². The lowest BCUT2D eigenvalue weighted by molar-refractivity contribution is -0.139. The standard InChI is InChI=1S/C14H15BrF3NO2/c15-9-4-5-10(11(6-9)14(16,17)18)12(7-20)19-13(21)8-2-1-3-8/h4-6,8,12,20H,1-3,7H2,(H,19,21)/t12-/m1/s1. The van der Waals surface area contributed by atoms with E-state index in [1.54, 1.807) is 0 Å². The first kappa shape index (κ1) is 16.3. The van der Waals surface area contributed by atoms with Crippen LogP contribution in [0.25, 0.3) is 0 Å². The van der Waals surface area contributed by atoms with Gasteiger partial charge in [-0.15, -0.1) is 0 Å². The summed E-state index contributed by atoms with van der Waals surface area (Å²) < 4.78 is 39.5. The Morgan fingerprint density at radius 3 is 2.57 bits per heavy atom. The van der Waals surface area contributed by atoms with Gasteiger partial charge in [0.2, 0.25) is 5.91 Å². The molecule has 0 unspecified atom stereocenters. The molecule has 2 N–H and O–H groups in total. The number of carbonyl (C=O) groups is 1. The number of halogens is 4. The van der Waals surface area contributed by atoms with E-state index in [-0.39, 0.29) is 17.4 Å². The number of hydrogen-bond donors (Lipinski definition) is 2. The van der Waals surface area contributed by atoms with Crippen LogP contribution in [0.1, 0.15) is 36.4 Å². The molecular weight excluding hydrogens is 351 g/mol. The van der Waals surface area contributed by atoms with Crippen molar-refractivity contribution < 1.29 is 23.1 Å². The fourth-order valence-electron chi connectivity index (χ4n) is 2.26. The van der Waals surface area contributed by atoms with E-state index >= 15 is 0 Å². The van der Waals surface area contributed by atoms with Crippen LogP contribution in [-0.4, -0.2) is 17.6 Å². The van der Waals surface area contributed by atoms with Gasteiger partial charge in [0.15, 0.2) is 0 Å². The lowest BCUT2D eigenvalue weighted by Crippen LogP contribution is -2.38. The molecule has 1 amide bonds. The van der Waals surface area contributed by atoms with E-state index in [1.807, 2.05) is 0 Å². The van der Waals surface area contributed by atoms with Gasteiger partial charge >= 0.3 is 6.18 Å². The molecule has 21 heavy (non-hydrogen) atoms. The zero-order valence-corrected chi connectivity index (χ0v) is 12.7. The predicted octanol–water partition coefficient (Wildman–Crippen LogP) is 3.42. The Hall–Kier alpha value is -1.08. The van der Waals surface area contributed by atoms with Crippen LogP contribution in [0.15, 0.2) is 22.7 Å². The molecule has 0 aliphatic heterocycles. The Kier molecular flexibility index (Phi) is 4.93. The van der Waals surface area contributed by atoms with Crippen molar-refractivity contribution in [3.63, 3.8) is 0 Å². The summed E-state index contributed by atoms with van der Waals surface area (Å²) in [6.45, 7) is -0.580. The Morgan fingerprint density at radius 2 is 2.10 bits per heavy atom. The molecule has 2 rings (SSSR count). The summed E-state index contributed by atoms with van der Waals surface area (Å²) in [5.74, 6) is -0.444. The second-order valence-corrected chi connectivity index (χ2v) is 6.02. The summed E-state index contributed by atoms with van der Waals surface area (Å²) in [7, 11) is 0. The quantitative estimate of drug-likeness (QED) is 0.858. The van der Waals surface area contributed by atoms with Gasteiger partial charge in [-0.2, -0.15) is 13.2 Å². The van der Waals surface area contributed by atoms with Crippen LogP contribution in [0.5, 0.6) is 0 Å².